The molecule has 4 nitrogen and oxygen atoms in total. The van der Waals surface area contributed by atoms with Gasteiger partial charge >= 0.3 is 0 Å². The number of amides is 1. The standard InChI is InChI=1S/C13H16ClN3O/c1-8-5-9(14)12-10(6-8)17-4-3-15-7-11(17)13(18)16(12)2/h5-6,11,15H,3-4,7H2,1-2H3. The lowest BCUT2D eigenvalue weighted by atomic mass is 10.0. The molecule has 18 heavy (non-hydrogen) atoms. The van der Waals surface area contributed by atoms with Gasteiger partial charge < -0.3 is 15.1 Å². The van der Waals surface area contributed by atoms with Crippen molar-refractivity contribution in [3.63, 3.8) is 0 Å². The highest BCUT2D eigenvalue weighted by Gasteiger charge is 2.38. The maximum Gasteiger partial charge on any atom is 0.250 e. The molecule has 0 radical (unpaired) electrons. The van der Waals surface area contributed by atoms with E-state index in [0.29, 0.717) is 11.6 Å². The third-order valence-corrected chi connectivity index (χ3v) is 3.98. The van der Waals surface area contributed by atoms with Gasteiger partial charge in [-0.2, -0.15) is 0 Å². The van der Waals surface area contributed by atoms with E-state index in [4.69, 9.17) is 11.6 Å². The molecular weight excluding hydrogens is 250 g/mol. The predicted octanol–water partition coefficient (Wildman–Crippen LogP) is 1.40. The van der Waals surface area contributed by atoms with Crippen LogP contribution in [0.15, 0.2) is 12.1 Å². The number of fused-ring (bicyclic) bond motifs is 3. The Balaban J connectivity index is 2.18. The van der Waals surface area contributed by atoms with E-state index in [0.717, 1.165) is 30.0 Å². The summed E-state index contributed by atoms with van der Waals surface area (Å²) < 4.78 is 0. The lowest BCUT2D eigenvalue weighted by Gasteiger charge is -2.44. The Morgan fingerprint density at radius 3 is 3.00 bits per heavy atom. The number of piperazine rings is 1. The van der Waals surface area contributed by atoms with Crippen LogP contribution in [0.1, 0.15) is 5.56 Å². The molecule has 1 unspecified atom stereocenters. The van der Waals surface area contributed by atoms with Gasteiger partial charge in [0, 0.05) is 26.7 Å². The van der Waals surface area contributed by atoms with Crippen molar-refractivity contribution in [3.8, 4) is 0 Å². The fraction of sp³-hybridized carbons (Fsp3) is 0.462. The number of nitrogens with zero attached hydrogens (tertiary/aromatic N) is 2. The van der Waals surface area contributed by atoms with E-state index in [1.54, 1.807) is 11.9 Å². The molecule has 0 saturated carbocycles. The first-order valence-electron chi connectivity index (χ1n) is 6.14. The summed E-state index contributed by atoms with van der Waals surface area (Å²) in [5, 5.41) is 3.92. The third kappa shape index (κ3) is 1.60. The fourth-order valence-electron chi connectivity index (χ4n) is 2.81. The Labute approximate surface area is 112 Å². The van der Waals surface area contributed by atoms with Crippen molar-refractivity contribution < 1.29 is 4.79 Å². The van der Waals surface area contributed by atoms with Gasteiger partial charge in [0.05, 0.1) is 16.4 Å². The molecule has 0 bridgehead atoms. The number of anilines is 2. The Hall–Kier alpha value is -1.26. The van der Waals surface area contributed by atoms with Gasteiger partial charge in [0.15, 0.2) is 0 Å². The Bertz CT molecular complexity index is 517. The monoisotopic (exact) mass is 265 g/mol. The number of aryl methyl sites for hydroxylation is 1. The molecule has 0 aliphatic carbocycles. The van der Waals surface area contributed by atoms with Crippen LogP contribution in [0.3, 0.4) is 0 Å². The molecule has 1 amide bonds. The molecule has 2 heterocycles. The summed E-state index contributed by atoms with van der Waals surface area (Å²) in [4.78, 5) is 16.2. The fourth-order valence-corrected chi connectivity index (χ4v) is 3.21. The lowest BCUT2D eigenvalue weighted by Crippen LogP contribution is -2.61. The van der Waals surface area contributed by atoms with Crippen LogP contribution in [0.4, 0.5) is 11.4 Å². The zero-order valence-corrected chi connectivity index (χ0v) is 11.3. The van der Waals surface area contributed by atoms with Gasteiger partial charge in [-0.05, 0) is 24.6 Å². The molecule has 1 N–H and O–H groups in total. The topological polar surface area (TPSA) is 35.6 Å². The summed E-state index contributed by atoms with van der Waals surface area (Å²) in [6, 6.07) is 3.92. The molecule has 0 aromatic heterocycles. The van der Waals surface area contributed by atoms with Crippen LogP contribution in [0.25, 0.3) is 0 Å². The minimum atomic E-state index is -0.103. The number of halogens is 1. The highest BCUT2D eigenvalue weighted by Crippen LogP contribution is 2.41. The molecule has 1 aromatic rings. The Morgan fingerprint density at radius 2 is 2.22 bits per heavy atom. The van der Waals surface area contributed by atoms with Gasteiger partial charge in [0.2, 0.25) is 0 Å². The highest BCUT2D eigenvalue weighted by molar-refractivity contribution is 6.35. The van der Waals surface area contributed by atoms with Crippen LogP contribution in [-0.2, 0) is 4.79 Å². The minimum Gasteiger partial charge on any atom is -0.355 e. The highest BCUT2D eigenvalue weighted by atomic mass is 35.5. The number of rotatable bonds is 0. The average molecular weight is 266 g/mol. The van der Waals surface area contributed by atoms with Gasteiger partial charge in [0.1, 0.15) is 6.04 Å². The van der Waals surface area contributed by atoms with Crippen molar-refractivity contribution in [3.05, 3.63) is 22.7 Å². The van der Waals surface area contributed by atoms with Crippen LogP contribution in [0.5, 0.6) is 0 Å². The quantitative estimate of drug-likeness (QED) is 0.770. The van der Waals surface area contributed by atoms with Crippen LogP contribution < -0.4 is 15.1 Å². The van der Waals surface area contributed by atoms with Crippen molar-refractivity contribution >= 4 is 28.9 Å². The van der Waals surface area contributed by atoms with Crippen molar-refractivity contribution in [2.45, 2.75) is 13.0 Å². The number of hydrogen-bond donors (Lipinski definition) is 1. The zero-order valence-electron chi connectivity index (χ0n) is 10.5. The van der Waals surface area contributed by atoms with Crippen LogP contribution in [0, 0.1) is 6.92 Å². The summed E-state index contributed by atoms with van der Waals surface area (Å²) in [6.45, 7) is 4.48. The largest absolute Gasteiger partial charge is 0.355 e. The molecule has 0 spiro atoms. The number of hydrogen-bond acceptors (Lipinski definition) is 3. The number of carbonyl (C=O) groups excluding carboxylic acids is 1. The van der Waals surface area contributed by atoms with E-state index in [9.17, 15) is 4.79 Å². The molecule has 1 aromatic carbocycles. The van der Waals surface area contributed by atoms with Crippen LogP contribution >= 0.6 is 11.6 Å². The van der Waals surface area contributed by atoms with Gasteiger partial charge in [0.25, 0.3) is 5.91 Å². The molecule has 1 fully saturated rings. The molecule has 1 atom stereocenters. The molecule has 2 aliphatic heterocycles. The van der Waals surface area contributed by atoms with Crippen molar-refractivity contribution in [2.75, 3.05) is 36.5 Å². The number of benzene rings is 1. The first-order chi connectivity index (χ1) is 8.59. The third-order valence-electron chi connectivity index (χ3n) is 3.69. The predicted molar refractivity (Wildman–Crippen MR) is 73.6 cm³/mol. The molecular formula is C13H16ClN3O. The summed E-state index contributed by atoms with van der Waals surface area (Å²) in [6.07, 6.45) is 0. The van der Waals surface area contributed by atoms with E-state index in [2.05, 4.69) is 16.3 Å². The van der Waals surface area contributed by atoms with Crippen LogP contribution in [-0.4, -0.2) is 38.6 Å². The second-order valence-corrected chi connectivity index (χ2v) is 5.33. The van der Waals surface area contributed by atoms with Gasteiger partial charge in [-0.1, -0.05) is 11.6 Å². The summed E-state index contributed by atoms with van der Waals surface area (Å²) in [5.74, 6) is 0.112. The number of nitrogens with one attached hydrogen (secondary N) is 1. The van der Waals surface area contributed by atoms with E-state index >= 15 is 0 Å². The molecule has 1 saturated heterocycles. The maximum absolute atomic E-state index is 12.3. The number of likely N-dealkylation sites (N-methyl/N-ethyl adjacent to an activating group) is 1. The smallest absolute Gasteiger partial charge is 0.250 e. The first-order valence-corrected chi connectivity index (χ1v) is 6.52. The normalized spacial score (nSPS) is 22.8. The first kappa shape index (κ1) is 11.8. The minimum absolute atomic E-state index is 0.103. The summed E-state index contributed by atoms with van der Waals surface area (Å²) in [5.41, 5.74) is 3.04. The number of carbonyl (C=O) groups is 1. The van der Waals surface area contributed by atoms with E-state index < -0.39 is 0 Å². The Kier molecular flexibility index (Phi) is 2.72. The van der Waals surface area contributed by atoms with Gasteiger partial charge in [-0.15, -0.1) is 0 Å². The van der Waals surface area contributed by atoms with Crippen molar-refractivity contribution in [1.29, 1.82) is 0 Å². The Morgan fingerprint density at radius 1 is 1.44 bits per heavy atom. The molecule has 5 heteroatoms. The molecule has 2 aliphatic rings. The second-order valence-electron chi connectivity index (χ2n) is 4.93. The zero-order chi connectivity index (χ0) is 12.9. The lowest BCUT2D eigenvalue weighted by molar-refractivity contribution is -0.120. The van der Waals surface area contributed by atoms with E-state index in [1.807, 2.05) is 13.0 Å². The maximum atomic E-state index is 12.3. The van der Waals surface area contributed by atoms with E-state index in [1.165, 1.54) is 0 Å². The molecule has 3 rings (SSSR count). The average Bonchev–Trinajstić information content (AvgIpc) is 2.35. The summed E-state index contributed by atoms with van der Waals surface area (Å²) in [7, 11) is 1.80. The van der Waals surface area contributed by atoms with Gasteiger partial charge in [-0.25, -0.2) is 0 Å². The summed E-state index contributed by atoms with van der Waals surface area (Å²) >= 11 is 6.30. The second kappa shape index (κ2) is 4.14. The van der Waals surface area contributed by atoms with Gasteiger partial charge in [-0.3, -0.25) is 4.79 Å². The molecule has 96 valence electrons. The van der Waals surface area contributed by atoms with Crippen molar-refractivity contribution in [2.24, 2.45) is 0 Å². The SMILES string of the molecule is Cc1cc(Cl)c2c(c1)N1CCNCC1C(=O)N2C. The van der Waals surface area contributed by atoms with Crippen molar-refractivity contribution in [1.82, 2.24) is 5.32 Å². The van der Waals surface area contributed by atoms with E-state index in [-0.39, 0.29) is 11.9 Å². The van der Waals surface area contributed by atoms with Crippen LogP contribution in [0.2, 0.25) is 5.02 Å².